The number of aryl methyl sites for hydroxylation is 2. The summed E-state index contributed by atoms with van der Waals surface area (Å²) in [5, 5.41) is 6.60. The molecule has 136 valence electrons. The van der Waals surface area contributed by atoms with E-state index in [1.165, 1.54) is 17.1 Å². The summed E-state index contributed by atoms with van der Waals surface area (Å²) in [4.78, 5) is 32.1. The number of hydrogen-bond acceptors (Lipinski definition) is 6. The normalized spacial score (nSPS) is 10.2. The number of carbonyl (C=O) groups is 2. The average Bonchev–Trinajstić information content (AvgIpc) is 3.21. The van der Waals surface area contributed by atoms with Crippen molar-refractivity contribution in [1.82, 2.24) is 19.7 Å². The molecule has 0 saturated heterocycles. The van der Waals surface area contributed by atoms with Crippen LogP contribution in [0.5, 0.6) is 0 Å². The highest BCUT2D eigenvalue weighted by Gasteiger charge is 2.19. The van der Waals surface area contributed by atoms with Crippen LogP contribution in [0, 0.1) is 6.92 Å². The first-order chi connectivity index (χ1) is 12.0. The molecule has 3 rings (SSSR count). The predicted octanol–water partition coefficient (Wildman–Crippen LogP) is 2.03. The first-order valence-electron chi connectivity index (χ1n) is 7.55. The highest BCUT2D eigenvalue weighted by Crippen LogP contribution is 2.20. The molecule has 0 radical (unpaired) electrons. The second-order valence-corrected chi connectivity index (χ2v) is 5.29. The average molecular weight is 377 g/mol. The SMILES string of the molecule is CCn1cc(NC(=O)c2coc(-c3ccnc(C)c3)n2)c(C(N)=O)n1.Cl. The number of amides is 2. The quantitative estimate of drug-likeness (QED) is 0.700. The molecule has 3 aromatic heterocycles. The fraction of sp³-hybridized carbons (Fsp3) is 0.188. The molecule has 0 aliphatic rings. The minimum atomic E-state index is -0.726. The zero-order valence-corrected chi connectivity index (χ0v) is 14.9. The Morgan fingerprint density at radius 1 is 1.38 bits per heavy atom. The molecule has 10 heteroatoms. The van der Waals surface area contributed by atoms with Crippen molar-refractivity contribution in [1.29, 1.82) is 0 Å². The standard InChI is InChI=1S/C16H16N6O3.ClH/c1-3-22-7-11(13(21-22)14(17)23)19-15(24)12-8-25-16(20-12)10-4-5-18-9(2)6-10;/h4-8H,3H2,1-2H3,(H2,17,23)(H,19,24);1H. The number of nitrogens with one attached hydrogen (secondary N) is 1. The number of aromatic nitrogens is 4. The van der Waals surface area contributed by atoms with Crippen molar-refractivity contribution in [2.75, 3.05) is 5.32 Å². The summed E-state index contributed by atoms with van der Waals surface area (Å²) in [5.74, 6) is -0.954. The third kappa shape index (κ3) is 3.89. The van der Waals surface area contributed by atoms with E-state index in [4.69, 9.17) is 10.2 Å². The Kier molecular flexibility index (Phi) is 5.73. The minimum absolute atomic E-state index is 0. The fourth-order valence-electron chi connectivity index (χ4n) is 2.23. The van der Waals surface area contributed by atoms with E-state index in [9.17, 15) is 9.59 Å². The number of pyridine rings is 1. The molecule has 26 heavy (non-hydrogen) atoms. The van der Waals surface area contributed by atoms with Gasteiger partial charge in [-0.2, -0.15) is 5.10 Å². The number of primary amides is 1. The van der Waals surface area contributed by atoms with Gasteiger partial charge in [0.25, 0.3) is 11.8 Å². The van der Waals surface area contributed by atoms with Gasteiger partial charge >= 0.3 is 0 Å². The summed E-state index contributed by atoms with van der Waals surface area (Å²) < 4.78 is 6.86. The lowest BCUT2D eigenvalue weighted by Gasteiger charge is -2.00. The van der Waals surface area contributed by atoms with Crippen LogP contribution in [-0.4, -0.2) is 31.6 Å². The van der Waals surface area contributed by atoms with Crippen molar-refractivity contribution >= 4 is 29.9 Å². The van der Waals surface area contributed by atoms with Crippen molar-refractivity contribution in [2.45, 2.75) is 20.4 Å². The second-order valence-electron chi connectivity index (χ2n) is 5.29. The van der Waals surface area contributed by atoms with Gasteiger partial charge in [-0.05, 0) is 26.0 Å². The van der Waals surface area contributed by atoms with Crippen LogP contribution in [0.15, 0.2) is 35.2 Å². The molecule has 2 amide bonds. The van der Waals surface area contributed by atoms with Crippen LogP contribution >= 0.6 is 12.4 Å². The van der Waals surface area contributed by atoms with Crippen molar-refractivity contribution in [3.63, 3.8) is 0 Å². The van der Waals surface area contributed by atoms with E-state index < -0.39 is 11.8 Å². The van der Waals surface area contributed by atoms with Crippen molar-refractivity contribution in [2.24, 2.45) is 5.73 Å². The maximum atomic E-state index is 12.4. The number of nitrogens with two attached hydrogens (primary N) is 1. The molecule has 0 spiro atoms. The fourth-order valence-corrected chi connectivity index (χ4v) is 2.23. The zero-order valence-electron chi connectivity index (χ0n) is 14.1. The largest absolute Gasteiger partial charge is 0.444 e. The van der Waals surface area contributed by atoms with Crippen LogP contribution in [0.2, 0.25) is 0 Å². The van der Waals surface area contributed by atoms with E-state index in [0.717, 1.165) is 5.69 Å². The van der Waals surface area contributed by atoms with Crippen molar-refractivity contribution < 1.29 is 14.0 Å². The number of anilines is 1. The van der Waals surface area contributed by atoms with Gasteiger partial charge in [-0.1, -0.05) is 0 Å². The Balaban J connectivity index is 0.00000243. The molecule has 3 heterocycles. The van der Waals surface area contributed by atoms with Gasteiger partial charge in [0.1, 0.15) is 6.26 Å². The number of rotatable bonds is 5. The molecule has 0 fully saturated rings. The van der Waals surface area contributed by atoms with Gasteiger partial charge in [0.2, 0.25) is 5.89 Å². The summed E-state index contributed by atoms with van der Waals surface area (Å²) in [5.41, 5.74) is 7.09. The predicted molar refractivity (Wildman–Crippen MR) is 96.1 cm³/mol. The molecule has 3 N–H and O–H groups in total. The van der Waals surface area contributed by atoms with Crippen LogP contribution in [0.1, 0.15) is 33.6 Å². The molecule has 0 aromatic carbocycles. The van der Waals surface area contributed by atoms with Gasteiger partial charge in [0, 0.05) is 30.2 Å². The number of hydrogen-bond donors (Lipinski definition) is 2. The molecular weight excluding hydrogens is 360 g/mol. The summed E-state index contributed by atoms with van der Waals surface area (Å²) in [7, 11) is 0. The van der Waals surface area contributed by atoms with E-state index in [1.54, 1.807) is 18.3 Å². The lowest BCUT2D eigenvalue weighted by atomic mass is 10.2. The summed E-state index contributed by atoms with van der Waals surface area (Å²) in [6, 6.07) is 3.53. The summed E-state index contributed by atoms with van der Waals surface area (Å²) in [6.45, 7) is 4.23. The van der Waals surface area contributed by atoms with Gasteiger partial charge in [-0.25, -0.2) is 4.98 Å². The topological polar surface area (TPSA) is 129 Å². The molecule has 0 unspecified atom stereocenters. The van der Waals surface area contributed by atoms with Gasteiger partial charge in [0.05, 0.1) is 5.69 Å². The van der Waals surface area contributed by atoms with Gasteiger partial charge in [-0.3, -0.25) is 19.3 Å². The first-order valence-corrected chi connectivity index (χ1v) is 7.55. The lowest BCUT2D eigenvalue weighted by Crippen LogP contribution is -2.18. The van der Waals surface area contributed by atoms with Gasteiger partial charge < -0.3 is 15.5 Å². The van der Waals surface area contributed by atoms with E-state index in [-0.39, 0.29) is 29.5 Å². The minimum Gasteiger partial charge on any atom is -0.444 e. The first kappa shape index (κ1) is 19.1. The Morgan fingerprint density at radius 3 is 2.81 bits per heavy atom. The monoisotopic (exact) mass is 376 g/mol. The molecule has 3 aromatic rings. The van der Waals surface area contributed by atoms with E-state index in [1.807, 2.05) is 13.8 Å². The van der Waals surface area contributed by atoms with Gasteiger partial charge in [0.15, 0.2) is 11.4 Å². The smallest absolute Gasteiger partial charge is 0.277 e. The molecule has 0 bridgehead atoms. The third-order valence-electron chi connectivity index (χ3n) is 3.45. The van der Waals surface area contributed by atoms with E-state index >= 15 is 0 Å². The Hall–Kier alpha value is -3.20. The van der Waals surface area contributed by atoms with Crippen LogP contribution < -0.4 is 11.1 Å². The van der Waals surface area contributed by atoms with E-state index in [0.29, 0.717) is 18.0 Å². The van der Waals surface area contributed by atoms with Crippen molar-refractivity contribution in [3.05, 3.63) is 47.9 Å². The summed E-state index contributed by atoms with van der Waals surface area (Å²) >= 11 is 0. The Bertz CT molecular complexity index is 949. The van der Waals surface area contributed by atoms with Crippen LogP contribution in [0.25, 0.3) is 11.5 Å². The lowest BCUT2D eigenvalue weighted by molar-refractivity contribution is 0.0995. The molecule has 0 aliphatic heterocycles. The highest BCUT2D eigenvalue weighted by atomic mass is 35.5. The maximum absolute atomic E-state index is 12.4. The maximum Gasteiger partial charge on any atom is 0.277 e. The van der Waals surface area contributed by atoms with E-state index in [2.05, 4.69) is 20.4 Å². The number of nitrogens with zero attached hydrogens (tertiary/aromatic N) is 4. The molecule has 0 aliphatic carbocycles. The molecular formula is C16H17ClN6O3. The van der Waals surface area contributed by atoms with Crippen molar-refractivity contribution in [3.8, 4) is 11.5 Å². The van der Waals surface area contributed by atoms with Crippen LogP contribution in [0.4, 0.5) is 5.69 Å². The van der Waals surface area contributed by atoms with Gasteiger partial charge in [-0.15, -0.1) is 12.4 Å². The number of halogens is 1. The summed E-state index contributed by atoms with van der Waals surface area (Å²) in [6.07, 6.45) is 4.41. The Morgan fingerprint density at radius 2 is 2.15 bits per heavy atom. The highest BCUT2D eigenvalue weighted by molar-refractivity contribution is 6.07. The van der Waals surface area contributed by atoms with Crippen LogP contribution in [-0.2, 0) is 6.54 Å². The Labute approximate surface area is 155 Å². The molecule has 0 saturated carbocycles. The molecule has 9 nitrogen and oxygen atoms in total. The third-order valence-corrected chi connectivity index (χ3v) is 3.45. The second kappa shape index (κ2) is 7.79. The molecule has 0 atom stereocenters. The zero-order chi connectivity index (χ0) is 18.0. The number of oxazole rings is 1. The number of carbonyl (C=O) groups excluding carboxylic acids is 2. The van der Waals surface area contributed by atoms with Crippen LogP contribution in [0.3, 0.4) is 0 Å².